The molecule has 0 bridgehead atoms. The summed E-state index contributed by atoms with van der Waals surface area (Å²) < 4.78 is 8.38. The number of rotatable bonds is 1. The molecule has 1 aromatic carbocycles. The molecule has 142 valence electrons. The fourth-order valence-corrected chi connectivity index (χ4v) is 3.45. The highest BCUT2D eigenvalue weighted by atomic mass is 16.4. The molecule has 0 aliphatic rings. The van der Waals surface area contributed by atoms with Crippen LogP contribution in [0.25, 0.3) is 33.1 Å². The Morgan fingerprint density at radius 3 is 2.07 bits per heavy atom. The van der Waals surface area contributed by atoms with E-state index in [2.05, 4.69) is 0 Å². The zero-order valence-electron chi connectivity index (χ0n) is 15.2. The smallest absolute Gasteiger partial charge is 0.348 e. The maximum absolute atomic E-state index is 12.9. The standard InChI is InChI=1S/C19H15N3O6/c1-20-15-12(17(25)22(3)19(27)21(15)2)14-11(16(20)24)13(23)10(18(26)28-14)9-7-5-4-6-8-9/h4-8,23H,1-3H3. The van der Waals surface area contributed by atoms with E-state index in [0.29, 0.717) is 5.56 Å². The number of benzene rings is 1. The fourth-order valence-electron chi connectivity index (χ4n) is 3.45. The molecular weight excluding hydrogens is 366 g/mol. The molecule has 3 aromatic heterocycles. The number of hydrogen-bond donors (Lipinski definition) is 1. The third kappa shape index (κ3) is 2.13. The maximum atomic E-state index is 12.9. The zero-order chi connectivity index (χ0) is 20.3. The van der Waals surface area contributed by atoms with Crippen LogP contribution in [0.1, 0.15) is 0 Å². The summed E-state index contributed by atoms with van der Waals surface area (Å²) in [6, 6.07) is 8.25. The van der Waals surface area contributed by atoms with Crippen molar-refractivity contribution in [1.82, 2.24) is 13.7 Å². The lowest BCUT2D eigenvalue weighted by molar-refractivity contribution is 0.470. The summed E-state index contributed by atoms with van der Waals surface area (Å²) in [5.74, 6) is -0.573. The number of pyridine rings is 1. The van der Waals surface area contributed by atoms with E-state index in [1.54, 1.807) is 30.3 Å². The maximum Gasteiger partial charge on any atom is 0.348 e. The lowest BCUT2D eigenvalue weighted by atomic mass is 10.0. The highest BCUT2D eigenvalue weighted by Crippen LogP contribution is 2.32. The van der Waals surface area contributed by atoms with Crippen molar-refractivity contribution in [2.24, 2.45) is 21.1 Å². The normalized spacial score (nSPS) is 11.4. The second-order valence-electron chi connectivity index (χ2n) is 6.45. The average molecular weight is 381 g/mol. The van der Waals surface area contributed by atoms with E-state index in [1.165, 1.54) is 21.1 Å². The first kappa shape index (κ1) is 17.5. The lowest BCUT2D eigenvalue weighted by Crippen LogP contribution is -2.39. The van der Waals surface area contributed by atoms with Gasteiger partial charge < -0.3 is 9.52 Å². The SMILES string of the molecule is Cn1c(=O)c2c3oc(=O)c(-c4ccccc4)c(O)c3c(=O)n(C)c2n(C)c1=O. The molecular formula is C19H15N3O6. The van der Waals surface area contributed by atoms with Gasteiger partial charge in [0, 0.05) is 21.1 Å². The number of hydrogen-bond acceptors (Lipinski definition) is 6. The van der Waals surface area contributed by atoms with Gasteiger partial charge in [-0.1, -0.05) is 30.3 Å². The lowest BCUT2D eigenvalue weighted by Gasteiger charge is -2.14. The molecule has 0 saturated carbocycles. The molecule has 0 aliphatic carbocycles. The van der Waals surface area contributed by atoms with E-state index in [4.69, 9.17) is 4.42 Å². The second kappa shape index (κ2) is 5.81. The first-order valence-corrected chi connectivity index (χ1v) is 8.29. The van der Waals surface area contributed by atoms with Gasteiger partial charge in [0.2, 0.25) is 0 Å². The number of aromatic hydroxyl groups is 1. The number of aryl methyl sites for hydroxylation is 2. The minimum absolute atomic E-state index is 0.0133. The van der Waals surface area contributed by atoms with E-state index in [-0.39, 0.29) is 27.6 Å². The monoisotopic (exact) mass is 381 g/mol. The van der Waals surface area contributed by atoms with Gasteiger partial charge in [-0.15, -0.1) is 0 Å². The summed E-state index contributed by atoms with van der Waals surface area (Å²) in [6.07, 6.45) is 0. The molecule has 0 spiro atoms. The van der Waals surface area contributed by atoms with E-state index in [0.717, 1.165) is 13.7 Å². The number of aromatic nitrogens is 3. The highest BCUT2D eigenvalue weighted by molar-refractivity contribution is 6.04. The van der Waals surface area contributed by atoms with Crippen molar-refractivity contribution in [3.05, 3.63) is 71.9 Å². The summed E-state index contributed by atoms with van der Waals surface area (Å²) in [6.45, 7) is 0. The van der Waals surface area contributed by atoms with Gasteiger partial charge in [-0.2, -0.15) is 0 Å². The number of fused-ring (bicyclic) bond motifs is 3. The van der Waals surface area contributed by atoms with Crippen LogP contribution in [0.4, 0.5) is 0 Å². The van der Waals surface area contributed by atoms with Crippen molar-refractivity contribution in [1.29, 1.82) is 0 Å². The summed E-state index contributed by atoms with van der Waals surface area (Å²) >= 11 is 0. The third-order valence-corrected chi connectivity index (χ3v) is 4.86. The van der Waals surface area contributed by atoms with Crippen LogP contribution in [-0.4, -0.2) is 18.8 Å². The minimum atomic E-state index is -0.901. The Morgan fingerprint density at radius 1 is 0.821 bits per heavy atom. The van der Waals surface area contributed by atoms with Crippen LogP contribution >= 0.6 is 0 Å². The van der Waals surface area contributed by atoms with Gasteiger partial charge in [-0.3, -0.25) is 23.3 Å². The first-order chi connectivity index (χ1) is 13.3. The summed E-state index contributed by atoms with van der Waals surface area (Å²) in [7, 11) is 4.04. The molecule has 0 fully saturated rings. The summed E-state index contributed by atoms with van der Waals surface area (Å²) in [4.78, 5) is 50.6. The molecule has 4 aromatic rings. The zero-order valence-corrected chi connectivity index (χ0v) is 15.2. The molecule has 9 heteroatoms. The predicted octanol–water partition coefficient (Wildman–Crippen LogP) is 0.415. The molecule has 4 rings (SSSR count). The molecule has 0 atom stereocenters. The Balaban J connectivity index is 2.37. The van der Waals surface area contributed by atoms with Crippen LogP contribution in [-0.2, 0) is 21.1 Å². The summed E-state index contributed by atoms with van der Waals surface area (Å²) in [5.41, 5.74) is -3.16. The van der Waals surface area contributed by atoms with Gasteiger partial charge in [-0.05, 0) is 5.56 Å². The van der Waals surface area contributed by atoms with Crippen molar-refractivity contribution in [3.8, 4) is 16.9 Å². The van der Waals surface area contributed by atoms with E-state index < -0.39 is 28.2 Å². The van der Waals surface area contributed by atoms with Gasteiger partial charge in [0.25, 0.3) is 11.1 Å². The van der Waals surface area contributed by atoms with Crippen molar-refractivity contribution < 1.29 is 9.52 Å². The van der Waals surface area contributed by atoms with E-state index in [9.17, 15) is 24.3 Å². The minimum Gasteiger partial charge on any atom is -0.506 e. The molecule has 1 N–H and O–H groups in total. The van der Waals surface area contributed by atoms with E-state index >= 15 is 0 Å². The van der Waals surface area contributed by atoms with Gasteiger partial charge >= 0.3 is 11.3 Å². The molecule has 0 aliphatic heterocycles. The molecule has 28 heavy (non-hydrogen) atoms. The van der Waals surface area contributed by atoms with Gasteiger partial charge in [0.1, 0.15) is 27.7 Å². The van der Waals surface area contributed by atoms with Crippen LogP contribution in [0, 0.1) is 0 Å². The number of nitrogens with zero attached hydrogens (tertiary/aromatic N) is 3. The Morgan fingerprint density at radius 2 is 1.43 bits per heavy atom. The Bertz CT molecular complexity index is 1520. The molecule has 0 radical (unpaired) electrons. The second-order valence-corrected chi connectivity index (χ2v) is 6.45. The molecule has 3 heterocycles. The topological polar surface area (TPSA) is 116 Å². The largest absolute Gasteiger partial charge is 0.506 e. The first-order valence-electron chi connectivity index (χ1n) is 8.29. The van der Waals surface area contributed by atoms with Crippen molar-refractivity contribution >= 4 is 22.0 Å². The van der Waals surface area contributed by atoms with Crippen molar-refractivity contribution in [2.75, 3.05) is 0 Å². The predicted molar refractivity (Wildman–Crippen MR) is 103 cm³/mol. The summed E-state index contributed by atoms with van der Waals surface area (Å²) in [5, 5.41) is 10.3. The van der Waals surface area contributed by atoms with Crippen LogP contribution in [0.2, 0.25) is 0 Å². The van der Waals surface area contributed by atoms with Crippen LogP contribution < -0.4 is 22.4 Å². The van der Waals surface area contributed by atoms with Gasteiger partial charge in [0.05, 0.1) is 0 Å². The quantitative estimate of drug-likeness (QED) is 0.478. The average Bonchev–Trinajstić information content (AvgIpc) is 2.67. The molecule has 0 saturated heterocycles. The van der Waals surface area contributed by atoms with Gasteiger partial charge in [-0.25, -0.2) is 9.59 Å². The van der Waals surface area contributed by atoms with Crippen LogP contribution in [0.3, 0.4) is 0 Å². The third-order valence-electron chi connectivity index (χ3n) is 4.86. The van der Waals surface area contributed by atoms with E-state index in [1.807, 2.05) is 0 Å². The Labute approximate surface area is 155 Å². The van der Waals surface area contributed by atoms with Crippen molar-refractivity contribution in [2.45, 2.75) is 0 Å². The fraction of sp³-hybridized carbons (Fsp3) is 0.158. The molecule has 0 amide bonds. The Hall–Kier alpha value is -3.88. The highest BCUT2D eigenvalue weighted by Gasteiger charge is 2.25. The van der Waals surface area contributed by atoms with Crippen LogP contribution in [0.5, 0.6) is 5.75 Å². The molecule has 0 unspecified atom stereocenters. The van der Waals surface area contributed by atoms with Crippen molar-refractivity contribution in [3.63, 3.8) is 0 Å². The van der Waals surface area contributed by atoms with Gasteiger partial charge in [0.15, 0.2) is 5.58 Å². The Kier molecular flexibility index (Phi) is 3.64. The molecule has 9 nitrogen and oxygen atoms in total. The van der Waals surface area contributed by atoms with Crippen LogP contribution in [0.15, 0.2) is 53.9 Å².